The van der Waals surface area contributed by atoms with Gasteiger partial charge in [-0.25, -0.2) is 0 Å². The van der Waals surface area contributed by atoms with Crippen molar-refractivity contribution in [3.8, 4) is 0 Å². The van der Waals surface area contributed by atoms with Crippen LogP contribution in [-0.4, -0.2) is 35.5 Å². The lowest BCUT2D eigenvalue weighted by atomic mass is 10.2. The summed E-state index contributed by atoms with van der Waals surface area (Å²) in [6.07, 6.45) is 0.912. The molecule has 18 heavy (non-hydrogen) atoms. The Bertz CT molecular complexity index is 469. The van der Waals surface area contributed by atoms with Gasteiger partial charge < -0.3 is 10.0 Å². The summed E-state index contributed by atoms with van der Waals surface area (Å²) < 4.78 is 0. The van der Waals surface area contributed by atoms with Crippen LogP contribution in [0.5, 0.6) is 0 Å². The number of nitrogens with zero attached hydrogens (tertiary/aromatic N) is 1. The zero-order chi connectivity index (χ0) is 13.3. The van der Waals surface area contributed by atoms with Crippen molar-refractivity contribution in [3.05, 3.63) is 21.9 Å². The van der Waals surface area contributed by atoms with Gasteiger partial charge in [-0.3, -0.25) is 9.59 Å². The van der Waals surface area contributed by atoms with Crippen LogP contribution in [0.3, 0.4) is 0 Å². The number of aryl methyl sites for hydroxylation is 1. The fourth-order valence-electron chi connectivity index (χ4n) is 2.18. The number of carbonyl (C=O) groups excluding carboxylic acids is 1. The molecule has 2 unspecified atom stereocenters. The molecule has 0 radical (unpaired) electrons. The minimum atomic E-state index is -0.865. The Morgan fingerprint density at radius 3 is 2.83 bits per heavy atom. The molecule has 1 aliphatic rings. The molecule has 4 nitrogen and oxygen atoms in total. The van der Waals surface area contributed by atoms with E-state index in [1.165, 1.54) is 10.4 Å². The molecule has 1 aromatic heterocycles. The predicted molar refractivity (Wildman–Crippen MR) is 69.8 cm³/mol. The van der Waals surface area contributed by atoms with E-state index >= 15 is 0 Å². The Morgan fingerprint density at radius 1 is 1.56 bits per heavy atom. The van der Waals surface area contributed by atoms with Crippen LogP contribution < -0.4 is 0 Å². The zero-order valence-electron chi connectivity index (χ0n) is 10.5. The third kappa shape index (κ3) is 2.72. The first kappa shape index (κ1) is 13.1. The standard InChI is InChI=1S/C13H17NO3S/c1-8-4-6-18-12(8)9-7-10(9)13(17)14(2)5-3-11(15)16/h4,6,9-10H,3,5,7H2,1-2H3,(H,15,16). The van der Waals surface area contributed by atoms with Gasteiger partial charge in [-0.05, 0) is 30.4 Å². The van der Waals surface area contributed by atoms with E-state index in [9.17, 15) is 9.59 Å². The van der Waals surface area contributed by atoms with Gasteiger partial charge in [0.15, 0.2) is 0 Å². The van der Waals surface area contributed by atoms with E-state index in [1.807, 2.05) is 0 Å². The normalized spacial score (nSPS) is 21.7. The third-order valence-corrected chi connectivity index (χ3v) is 4.53. The summed E-state index contributed by atoms with van der Waals surface area (Å²) in [5.41, 5.74) is 1.26. The number of amides is 1. The van der Waals surface area contributed by atoms with Crippen LogP contribution in [0.25, 0.3) is 0 Å². The number of carboxylic acids is 1. The number of carboxylic acid groups (broad SMARTS) is 1. The molecule has 1 aliphatic carbocycles. The second kappa shape index (κ2) is 5.10. The van der Waals surface area contributed by atoms with Crippen molar-refractivity contribution in [1.82, 2.24) is 4.90 Å². The highest BCUT2D eigenvalue weighted by atomic mass is 32.1. The number of thiophene rings is 1. The first-order chi connectivity index (χ1) is 8.50. The van der Waals surface area contributed by atoms with Crippen molar-refractivity contribution in [2.24, 2.45) is 5.92 Å². The summed E-state index contributed by atoms with van der Waals surface area (Å²) in [4.78, 5) is 25.4. The van der Waals surface area contributed by atoms with E-state index in [0.717, 1.165) is 6.42 Å². The number of hydrogen-bond acceptors (Lipinski definition) is 3. The molecule has 1 heterocycles. The molecule has 0 saturated heterocycles. The van der Waals surface area contributed by atoms with Gasteiger partial charge in [-0.15, -0.1) is 11.3 Å². The van der Waals surface area contributed by atoms with Crippen molar-refractivity contribution in [2.75, 3.05) is 13.6 Å². The number of aliphatic carboxylic acids is 1. The van der Waals surface area contributed by atoms with Crippen LogP contribution in [0, 0.1) is 12.8 Å². The minimum absolute atomic E-state index is 0.0116. The van der Waals surface area contributed by atoms with Gasteiger partial charge in [-0.2, -0.15) is 0 Å². The van der Waals surface area contributed by atoms with E-state index in [1.54, 1.807) is 23.3 Å². The highest BCUT2D eigenvalue weighted by molar-refractivity contribution is 7.10. The van der Waals surface area contributed by atoms with Gasteiger partial charge in [0.1, 0.15) is 0 Å². The lowest BCUT2D eigenvalue weighted by molar-refractivity contribution is -0.138. The van der Waals surface area contributed by atoms with Crippen LogP contribution in [0.4, 0.5) is 0 Å². The molecule has 2 rings (SSSR count). The minimum Gasteiger partial charge on any atom is -0.481 e. The van der Waals surface area contributed by atoms with E-state index in [-0.39, 0.29) is 18.2 Å². The average molecular weight is 267 g/mol. The fraction of sp³-hybridized carbons (Fsp3) is 0.538. The molecule has 0 bridgehead atoms. The lowest BCUT2D eigenvalue weighted by Gasteiger charge is -2.15. The van der Waals surface area contributed by atoms with Crippen LogP contribution >= 0.6 is 11.3 Å². The van der Waals surface area contributed by atoms with Crippen LogP contribution in [-0.2, 0) is 9.59 Å². The van der Waals surface area contributed by atoms with E-state index in [4.69, 9.17) is 5.11 Å². The third-order valence-electron chi connectivity index (χ3n) is 3.38. The maximum Gasteiger partial charge on any atom is 0.305 e. The molecule has 2 atom stereocenters. The summed E-state index contributed by atoms with van der Waals surface area (Å²) >= 11 is 1.71. The summed E-state index contributed by atoms with van der Waals surface area (Å²) in [6, 6.07) is 2.08. The molecule has 1 fully saturated rings. The molecule has 5 heteroatoms. The molecule has 0 aromatic carbocycles. The Hall–Kier alpha value is -1.36. The molecule has 98 valence electrons. The van der Waals surface area contributed by atoms with Crippen LogP contribution in [0.15, 0.2) is 11.4 Å². The van der Waals surface area contributed by atoms with Crippen molar-refractivity contribution >= 4 is 23.2 Å². The first-order valence-electron chi connectivity index (χ1n) is 6.01. The van der Waals surface area contributed by atoms with E-state index in [0.29, 0.717) is 12.5 Å². The molecule has 1 amide bonds. The summed E-state index contributed by atoms with van der Waals surface area (Å²) in [6.45, 7) is 2.36. The largest absolute Gasteiger partial charge is 0.481 e. The Kier molecular flexibility index (Phi) is 3.71. The predicted octanol–water partition coefficient (Wildman–Crippen LogP) is 2.09. The zero-order valence-corrected chi connectivity index (χ0v) is 11.4. The van der Waals surface area contributed by atoms with Crippen molar-refractivity contribution in [1.29, 1.82) is 0 Å². The fourth-order valence-corrected chi connectivity index (χ4v) is 3.29. The van der Waals surface area contributed by atoms with Gasteiger partial charge in [0.25, 0.3) is 0 Å². The van der Waals surface area contributed by atoms with Gasteiger partial charge in [0, 0.05) is 30.3 Å². The van der Waals surface area contributed by atoms with E-state index in [2.05, 4.69) is 18.4 Å². The van der Waals surface area contributed by atoms with Crippen molar-refractivity contribution < 1.29 is 14.7 Å². The second-order valence-corrected chi connectivity index (χ2v) is 5.77. The van der Waals surface area contributed by atoms with Crippen molar-refractivity contribution in [2.45, 2.75) is 25.7 Å². The molecular formula is C13H17NO3S. The maximum absolute atomic E-state index is 12.1. The van der Waals surface area contributed by atoms with Crippen molar-refractivity contribution in [3.63, 3.8) is 0 Å². The van der Waals surface area contributed by atoms with Gasteiger partial charge in [0.2, 0.25) is 5.91 Å². The molecular weight excluding hydrogens is 250 g/mol. The van der Waals surface area contributed by atoms with Crippen LogP contribution in [0.1, 0.15) is 29.2 Å². The quantitative estimate of drug-likeness (QED) is 0.888. The smallest absolute Gasteiger partial charge is 0.305 e. The highest BCUT2D eigenvalue weighted by Gasteiger charge is 2.46. The van der Waals surface area contributed by atoms with Crippen LogP contribution in [0.2, 0.25) is 0 Å². The number of rotatable bonds is 5. The summed E-state index contributed by atoms with van der Waals surface area (Å²) in [7, 11) is 1.68. The number of carbonyl (C=O) groups is 2. The Morgan fingerprint density at radius 2 is 2.28 bits per heavy atom. The van der Waals surface area contributed by atoms with Gasteiger partial charge in [-0.1, -0.05) is 0 Å². The molecule has 1 N–H and O–H groups in total. The Balaban J connectivity index is 1.89. The molecule has 1 saturated carbocycles. The monoisotopic (exact) mass is 267 g/mol. The summed E-state index contributed by atoms with van der Waals surface area (Å²) in [5, 5.41) is 10.7. The Labute approximate surface area is 110 Å². The van der Waals surface area contributed by atoms with E-state index < -0.39 is 5.97 Å². The summed E-state index contributed by atoms with van der Waals surface area (Å²) in [5.74, 6) is -0.379. The highest BCUT2D eigenvalue weighted by Crippen LogP contribution is 2.51. The lowest BCUT2D eigenvalue weighted by Crippen LogP contribution is -2.30. The SMILES string of the molecule is Cc1ccsc1C1CC1C(=O)N(C)CCC(=O)O. The molecule has 1 aromatic rings. The maximum atomic E-state index is 12.1. The van der Waals surface area contributed by atoms with Gasteiger partial charge in [0.05, 0.1) is 6.42 Å². The second-order valence-electron chi connectivity index (χ2n) is 4.82. The molecule has 0 aliphatic heterocycles. The topological polar surface area (TPSA) is 57.6 Å². The average Bonchev–Trinajstić information content (AvgIpc) is 3.00. The molecule has 0 spiro atoms. The number of hydrogen-bond donors (Lipinski definition) is 1. The first-order valence-corrected chi connectivity index (χ1v) is 6.89. The van der Waals surface area contributed by atoms with Gasteiger partial charge >= 0.3 is 5.97 Å².